The fourth-order valence-electron chi connectivity index (χ4n) is 2.28. The van der Waals surface area contributed by atoms with Crippen molar-refractivity contribution in [2.24, 2.45) is 0 Å². The van der Waals surface area contributed by atoms with E-state index in [1.807, 2.05) is 6.92 Å². The number of nitrogens with zero attached hydrogens (tertiary/aromatic N) is 2. The first-order chi connectivity index (χ1) is 9.49. The predicted molar refractivity (Wildman–Crippen MR) is 72.6 cm³/mol. The first kappa shape index (κ1) is 14.5. The molecule has 0 aliphatic carbocycles. The Morgan fingerprint density at radius 2 is 2.25 bits per heavy atom. The SMILES string of the molecule is Cc1n[nH]c(C)c1NC(=O)CN1CCNCC1C(=O)O. The number of aromatic nitrogens is 2. The average molecular weight is 281 g/mol. The lowest BCUT2D eigenvalue weighted by molar-refractivity contribution is -0.144. The third kappa shape index (κ3) is 3.14. The van der Waals surface area contributed by atoms with E-state index < -0.39 is 12.0 Å². The van der Waals surface area contributed by atoms with Gasteiger partial charge in [-0.05, 0) is 13.8 Å². The molecule has 0 bridgehead atoms. The van der Waals surface area contributed by atoms with Crippen LogP contribution in [0.2, 0.25) is 0 Å². The van der Waals surface area contributed by atoms with Gasteiger partial charge in [-0.25, -0.2) is 0 Å². The minimum absolute atomic E-state index is 0.0582. The zero-order valence-electron chi connectivity index (χ0n) is 11.6. The second-order valence-corrected chi connectivity index (χ2v) is 4.89. The fourth-order valence-corrected chi connectivity index (χ4v) is 2.28. The van der Waals surface area contributed by atoms with Crippen LogP contribution in [-0.4, -0.2) is 64.3 Å². The van der Waals surface area contributed by atoms with Crippen LogP contribution < -0.4 is 10.6 Å². The van der Waals surface area contributed by atoms with Crippen molar-refractivity contribution in [3.8, 4) is 0 Å². The molecule has 110 valence electrons. The van der Waals surface area contributed by atoms with Crippen molar-refractivity contribution in [3.63, 3.8) is 0 Å². The Kier molecular flexibility index (Phi) is 4.35. The summed E-state index contributed by atoms with van der Waals surface area (Å²) < 4.78 is 0. The highest BCUT2D eigenvalue weighted by Gasteiger charge is 2.29. The van der Waals surface area contributed by atoms with Gasteiger partial charge in [0.05, 0.1) is 23.6 Å². The average Bonchev–Trinajstić information content (AvgIpc) is 2.71. The lowest BCUT2D eigenvalue weighted by atomic mass is 10.2. The Labute approximate surface area is 116 Å². The first-order valence-electron chi connectivity index (χ1n) is 6.48. The number of aromatic amines is 1. The zero-order chi connectivity index (χ0) is 14.7. The Balaban J connectivity index is 1.98. The van der Waals surface area contributed by atoms with E-state index in [2.05, 4.69) is 20.8 Å². The van der Waals surface area contributed by atoms with Gasteiger partial charge in [0.1, 0.15) is 6.04 Å². The summed E-state index contributed by atoms with van der Waals surface area (Å²) in [6, 6.07) is -0.666. The maximum absolute atomic E-state index is 12.0. The summed E-state index contributed by atoms with van der Waals surface area (Å²) in [5.74, 6) is -1.15. The number of carbonyl (C=O) groups excluding carboxylic acids is 1. The molecule has 8 heteroatoms. The van der Waals surface area contributed by atoms with Crippen LogP contribution in [-0.2, 0) is 9.59 Å². The van der Waals surface area contributed by atoms with E-state index in [9.17, 15) is 9.59 Å². The van der Waals surface area contributed by atoms with Gasteiger partial charge in [0.2, 0.25) is 5.91 Å². The predicted octanol–water partition coefficient (Wildman–Crippen LogP) is -0.677. The second-order valence-electron chi connectivity index (χ2n) is 4.89. The van der Waals surface area contributed by atoms with Gasteiger partial charge < -0.3 is 15.7 Å². The van der Waals surface area contributed by atoms with Crippen molar-refractivity contribution in [1.82, 2.24) is 20.4 Å². The molecule has 1 unspecified atom stereocenters. The van der Waals surface area contributed by atoms with Crippen molar-refractivity contribution in [3.05, 3.63) is 11.4 Å². The molecule has 1 aromatic rings. The van der Waals surface area contributed by atoms with Gasteiger partial charge in [-0.2, -0.15) is 5.10 Å². The summed E-state index contributed by atoms with van der Waals surface area (Å²) in [5, 5.41) is 21.7. The van der Waals surface area contributed by atoms with Gasteiger partial charge in [-0.1, -0.05) is 0 Å². The van der Waals surface area contributed by atoms with Crippen LogP contribution in [0.3, 0.4) is 0 Å². The van der Waals surface area contributed by atoms with Gasteiger partial charge >= 0.3 is 5.97 Å². The molecule has 20 heavy (non-hydrogen) atoms. The largest absolute Gasteiger partial charge is 0.480 e. The summed E-state index contributed by atoms with van der Waals surface area (Å²) in [7, 11) is 0. The number of anilines is 1. The fraction of sp³-hybridized carbons (Fsp3) is 0.583. The number of piperazine rings is 1. The number of carboxylic acids is 1. The molecule has 1 atom stereocenters. The molecule has 1 aliphatic rings. The number of aryl methyl sites for hydroxylation is 2. The molecule has 1 aromatic heterocycles. The first-order valence-corrected chi connectivity index (χ1v) is 6.48. The minimum Gasteiger partial charge on any atom is -0.480 e. The number of rotatable bonds is 4. The van der Waals surface area contributed by atoms with Crippen molar-refractivity contribution >= 4 is 17.6 Å². The smallest absolute Gasteiger partial charge is 0.322 e. The van der Waals surface area contributed by atoms with E-state index in [4.69, 9.17) is 5.11 Å². The summed E-state index contributed by atoms with van der Waals surface area (Å²) >= 11 is 0. The normalized spacial score (nSPS) is 19.8. The Morgan fingerprint density at radius 3 is 2.85 bits per heavy atom. The summed E-state index contributed by atoms with van der Waals surface area (Å²) in [6.45, 7) is 5.24. The molecule has 4 N–H and O–H groups in total. The lowest BCUT2D eigenvalue weighted by Crippen LogP contribution is -2.56. The molecule has 1 saturated heterocycles. The third-order valence-corrected chi connectivity index (χ3v) is 3.38. The van der Waals surface area contributed by atoms with Crippen molar-refractivity contribution in [1.29, 1.82) is 0 Å². The van der Waals surface area contributed by atoms with Crippen molar-refractivity contribution in [2.45, 2.75) is 19.9 Å². The van der Waals surface area contributed by atoms with Crippen LogP contribution in [0.1, 0.15) is 11.4 Å². The molecular formula is C12H19N5O3. The van der Waals surface area contributed by atoms with Crippen LogP contribution in [0.15, 0.2) is 0 Å². The molecule has 0 radical (unpaired) electrons. The monoisotopic (exact) mass is 281 g/mol. The zero-order valence-corrected chi connectivity index (χ0v) is 11.6. The molecule has 1 aliphatic heterocycles. The number of nitrogens with one attached hydrogen (secondary N) is 3. The molecule has 1 fully saturated rings. The highest BCUT2D eigenvalue weighted by molar-refractivity contribution is 5.93. The Morgan fingerprint density at radius 1 is 1.50 bits per heavy atom. The van der Waals surface area contributed by atoms with Gasteiger partial charge in [-0.15, -0.1) is 0 Å². The van der Waals surface area contributed by atoms with Gasteiger partial charge in [0.25, 0.3) is 0 Å². The standard InChI is InChI=1S/C12H19N5O3/c1-7-11(8(2)16-15-7)14-10(18)6-17-4-3-13-5-9(17)12(19)20/h9,13H,3-6H2,1-2H3,(H,14,18)(H,15,16)(H,19,20). The number of carboxylic acid groups (broad SMARTS) is 1. The Hall–Kier alpha value is -1.93. The topological polar surface area (TPSA) is 110 Å². The van der Waals surface area contributed by atoms with Crippen LogP contribution in [0.25, 0.3) is 0 Å². The van der Waals surface area contributed by atoms with Crippen molar-refractivity contribution < 1.29 is 14.7 Å². The highest BCUT2D eigenvalue weighted by Crippen LogP contribution is 2.16. The molecule has 2 rings (SSSR count). The van der Waals surface area contributed by atoms with Gasteiger partial charge in [-0.3, -0.25) is 19.6 Å². The molecule has 0 saturated carbocycles. The number of H-pyrrole nitrogens is 1. The Bertz CT molecular complexity index is 494. The van der Waals surface area contributed by atoms with Crippen LogP contribution in [0.5, 0.6) is 0 Å². The van der Waals surface area contributed by atoms with E-state index in [1.165, 1.54) is 0 Å². The number of carbonyl (C=O) groups is 2. The van der Waals surface area contributed by atoms with E-state index in [-0.39, 0.29) is 12.5 Å². The van der Waals surface area contributed by atoms with E-state index in [1.54, 1.807) is 11.8 Å². The lowest BCUT2D eigenvalue weighted by Gasteiger charge is -2.32. The van der Waals surface area contributed by atoms with Crippen LogP contribution >= 0.6 is 0 Å². The van der Waals surface area contributed by atoms with Crippen LogP contribution in [0, 0.1) is 13.8 Å². The number of aliphatic carboxylic acids is 1. The van der Waals surface area contributed by atoms with E-state index >= 15 is 0 Å². The molecule has 2 heterocycles. The molecule has 1 amide bonds. The van der Waals surface area contributed by atoms with E-state index in [0.29, 0.717) is 31.0 Å². The quantitative estimate of drug-likeness (QED) is 0.582. The summed E-state index contributed by atoms with van der Waals surface area (Å²) in [6.07, 6.45) is 0. The summed E-state index contributed by atoms with van der Waals surface area (Å²) in [4.78, 5) is 24.9. The molecular weight excluding hydrogens is 262 g/mol. The van der Waals surface area contributed by atoms with E-state index in [0.717, 1.165) is 5.69 Å². The maximum Gasteiger partial charge on any atom is 0.322 e. The molecule has 8 nitrogen and oxygen atoms in total. The second kappa shape index (κ2) is 6.02. The maximum atomic E-state index is 12.0. The van der Waals surface area contributed by atoms with Gasteiger partial charge in [0, 0.05) is 19.6 Å². The minimum atomic E-state index is -0.916. The molecule has 0 aromatic carbocycles. The number of hydrogen-bond donors (Lipinski definition) is 4. The highest BCUT2D eigenvalue weighted by atomic mass is 16.4. The van der Waals surface area contributed by atoms with Crippen molar-refractivity contribution in [2.75, 3.05) is 31.5 Å². The summed E-state index contributed by atoms with van der Waals surface area (Å²) in [5.41, 5.74) is 2.16. The van der Waals surface area contributed by atoms with Crippen LogP contribution in [0.4, 0.5) is 5.69 Å². The number of hydrogen-bond acceptors (Lipinski definition) is 5. The third-order valence-electron chi connectivity index (χ3n) is 3.38. The van der Waals surface area contributed by atoms with Gasteiger partial charge in [0.15, 0.2) is 0 Å². The molecule has 0 spiro atoms. The number of amides is 1.